The lowest BCUT2D eigenvalue weighted by atomic mass is 10.1. The SMILES string of the molecule is CC1Oc2ccccc2N(CCC(=O)NCc2cccc(C(=O)NCc3ccco3)c2)C1=O. The van der Waals surface area contributed by atoms with Crippen molar-refractivity contribution in [2.45, 2.75) is 32.5 Å². The molecule has 4 rings (SSSR count). The molecule has 2 aromatic carbocycles. The van der Waals surface area contributed by atoms with Gasteiger partial charge in [0.05, 0.1) is 18.5 Å². The molecule has 0 aliphatic carbocycles. The maximum absolute atomic E-state index is 12.5. The van der Waals surface area contributed by atoms with E-state index >= 15 is 0 Å². The van der Waals surface area contributed by atoms with Crippen molar-refractivity contribution in [3.63, 3.8) is 0 Å². The number of amides is 3. The number of nitrogens with zero attached hydrogens (tertiary/aromatic N) is 1. The standard InChI is InChI=1S/C25H25N3O5/c1-17-25(31)28(21-9-2-3-10-22(21)33-17)12-11-23(29)26-15-18-6-4-7-19(14-18)24(30)27-16-20-8-5-13-32-20/h2-10,13-14,17H,11-12,15-16H2,1H3,(H,26,29)(H,27,30). The Bertz CT molecular complexity index is 1140. The van der Waals surface area contributed by atoms with Crippen LogP contribution in [0.5, 0.6) is 5.75 Å². The van der Waals surface area contributed by atoms with E-state index in [1.165, 1.54) is 0 Å². The highest BCUT2D eigenvalue weighted by molar-refractivity contribution is 6.00. The molecule has 8 heteroatoms. The molecule has 1 aromatic heterocycles. The van der Waals surface area contributed by atoms with E-state index in [9.17, 15) is 14.4 Å². The number of fused-ring (bicyclic) bond motifs is 1. The topological polar surface area (TPSA) is 101 Å². The Morgan fingerprint density at radius 1 is 1.00 bits per heavy atom. The van der Waals surface area contributed by atoms with Gasteiger partial charge in [0, 0.05) is 25.1 Å². The van der Waals surface area contributed by atoms with Crippen molar-refractivity contribution < 1.29 is 23.5 Å². The average Bonchev–Trinajstić information content (AvgIpc) is 3.35. The predicted molar refractivity (Wildman–Crippen MR) is 122 cm³/mol. The Hall–Kier alpha value is -4.07. The Morgan fingerprint density at radius 3 is 2.67 bits per heavy atom. The second-order valence-electron chi connectivity index (χ2n) is 7.71. The van der Waals surface area contributed by atoms with E-state index in [2.05, 4.69) is 10.6 Å². The fourth-order valence-electron chi connectivity index (χ4n) is 3.60. The summed E-state index contributed by atoms with van der Waals surface area (Å²) in [5.41, 5.74) is 1.97. The molecule has 170 valence electrons. The quantitative estimate of drug-likeness (QED) is 0.553. The van der Waals surface area contributed by atoms with Gasteiger partial charge in [0.2, 0.25) is 5.91 Å². The highest BCUT2D eigenvalue weighted by atomic mass is 16.5. The van der Waals surface area contributed by atoms with Gasteiger partial charge in [-0.15, -0.1) is 0 Å². The molecule has 0 saturated heterocycles. The summed E-state index contributed by atoms with van der Waals surface area (Å²) in [5, 5.41) is 5.65. The molecule has 0 radical (unpaired) electrons. The lowest BCUT2D eigenvalue weighted by molar-refractivity contribution is -0.125. The first-order valence-corrected chi connectivity index (χ1v) is 10.7. The Labute approximate surface area is 191 Å². The van der Waals surface area contributed by atoms with Gasteiger partial charge in [-0.3, -0.25) is 14.4 Å². The summed E-state index contributed by atoms with van der Waals surface area (Å²) in [7, 11) is 0. The van der Waals surface area contributed by atoms with Crippen LogP contribution in [0.25, 0.3) is 0 Å². The summed E-state index contributed by atoms with van der Waals surface area (Å²) in [6.45, 7) is 2.53. The summed E-state index contributed by atoms with van der Waals surface area (Å²) in [6.07, 6.45) is 1.11. The largest absolute Gasteiger partial charge is 0.479 e. The van der Waals surface area contributed by atoms with E-state index in [-0.39, 0.29) is 37.2 Å². The van der Waals surface area contributed by atoms with Crippen molar-refractivity contribution in [3.8, 4) is 5.75 Å². The second kappa shape index (κ2) is 10.0. The fraction of sp³-hybridized carbons (Fsp3) is 0.240. The van der Waals surface area contributed by atoms with Gasteiger partial charge in [0.1, 0.15) is 11.5 Å². The van der Waals surface area contributed by atoms with Crippen LogP contribution < -0.4 is 20.3 Å². The van der Waals surface area contributed by atoms with Crippen LogP contribution in [0.4, 0.5) is 5.69 Å². The van der Waals surface area contributed by atoms with Crippen molar-refractivity contribution in [2.75, 3.05) is 11.4 Å². The van der Waals surface area contributed by atoms with Gasteiger partial charge in [0.15, 0.2) is 6.10 Å². The molecular formula is C25H25N3O5. The molecule has 2 heterocycles. The summed E-state index contributed by atoms with van der Waals surface area (Å²) in [6, 6.07) is 17.9. The van der Waals surface area contributed by atoms with Crippen LogP contribution in [-0.4, -0.2) is 30.4 Å². The maximum atomic E-state index is 12.5. The van der Waals surface area contributed by atoms with E-state index in [0.29, 0.717) is 29.3 Å². The van der Waals surface area contributed by atoms with Crippen molar-refractivity contribution in [3.05, 3.63) is 83.8 Å². The summed E-state index contributed by atoms with van der Waals surface area (Å²) in [4.78, 5) is 38.9. The number of ether oxygens (including phenoxy) is 1. The highest BCUT2D eigenvalue weighted by Gasteiger charge is 2.31. The van der Waals surface area contributed by atoms with Gasteiger partial charge in [-0.2, -0.15) is 0 Å². The van der Waals surface area contributed by atoms with Gasteiger partial charge in [-0.05, 0) is 48.9 Å². The number of carbonyl (C=O) groups excluding carboxylic acids is 3. The molecule has 0 saturated carbocycles. The minimum absolute atomic E-state index is 0.149. The van der Waals surface area contributed by atoms with Gasteiger partial charge in [-0.25, -0.2) is 0 Å². The average molecular weight is 447 g/mol. The lowest BCUT2D eigenvalue weighted by Gasteiger charge is -2.32. The van der Waals surface area contributed by atoms with Crippen LogP contribution in [0.2, 0.25) is 0 Å². The number of para-hydroxylation sites is 2. The minimum atomic E-state index is -0.593. The van der Waals surface area contributed by atoms with Crippen LogP contribution in [0.1, 0.15) is 35.0 Å². The molecule has 2 N–H and O–H groups in total. The van der Waals surface area contributed by atoms with Crippen molar-refractivity contribution >= 4 is 23.4 Å². The van der Waals surface area contributed by atoms with Gasteiger partial charge in [0.25, 0.3) is 11.8 Å². The number of furan rings is 1. The third kappa shape index (κ3) is 5.41. The molecule has 1 aliphatic heterocycles. The van der Waals surface area contributed by atoms with Crippen LogP contribution in [-0.2, 0) is 22.7 Å². The Kier molecular flexibility index (Phi) is 6.73. The molecule has 1 unspecified atom stereocenters. The van der Waals surface area contributed by atoms with E-state index in [1.54, 1.807) is 54.5 Å². The van der Waals surface area contributed by atoms with Crippen LogP contribution in [0, 0.1) is 0 Å². The summed E-state index contributed by atoms with van der Waals surface area (Å²) >= 11 is 0. The molecule has 3 amide bonds. The van der Waals surface area contributed by atoms with Gasteiger partial charge >= 0.3 is 0 Å². The zero-order chi connectivity index (χ0) is 23.2. The first kappa shape index (κ1) is 22.1. The molecular weight excluding hydrogens is 422 g/mol. The van der Waals surface area contributed by atoms with E-state index in [0.717, 1.165) is 5.56 Å². The van der Waals surface area contributed by atoms with E-state index in [4.69, 9.17) is 9.15 Å². The summed E-state index contributed by atoms with van der Waals surface area (Å²) < 4.78 is 10.8. The number of hydrogen-bond donors (Lipinski definition) is 2. The monoisotopic (exact) mass is 447 g/mol. The van der Waals surface area contributed by atoms with Gasteiger partial charge in [-0.1, -0.05) is 24.3 Å². The highest BCUT2D eigenvalue weighted by Crippen LogP contribution is 2.33. The molecule has 1 aliphatic rings. The molecule has 0 bridgehead atoms. The van der Waals surface area contributed by atoms with Crippen LogP contribution in [0.15, 0.2) is 71.3 Å². The first-order chi connectivity index (χ1) is 16.0. The first-order valence-electron chi connectivity index (χ1n) is 10.7. The zero-order valence-electron chi connectivity index (χ0n) is 18.2. The summed E-state index contributed by atoms with van der Waals surface area (Å²) in [5.74, 6) is 0.717. The van der Waals surface area contributed by atoms with Crippen molar-refractivity contribution in [1.29, 1.82) is 0 Å². The normalized spacial score (nSPS) is 14.9. The Balaban J connectivity index is 1.29. The Morgan fingerprint density at radius 2 is 1.85 bits per heavy atom. The van der Waals surface area contributed by atoms with E-state index in [1.807, 2.05) is 24.3 Å². The third-order valence-corrected chi connectivity index (χ3v) is 5.32. The number of anilines is 1. The smallest absolute Gasteiger partial charge is 0.267 e. The van der Waals surface area contributed by atoms with Crippen molar-refractivity contribution in [2.24, 2.45) is 0 Å². The molecule has 1 atom stereocenters. The zero-order valence-corrected chi connectivity index (χ0v) is 18.2. The number of benzene rings is 2. The fourth-order valence-corrected chi connectivity index (χ4v) is 3.60. The number of rotatable bonds is 8. The molecule has 8 nitrogen and oxygen atoms in total. The second-order valence-corrected chi connectivity index (χ2v) is 7.71. The van der Waals surface area contributed by atoms with E-state index < -0.39 is 6.10 Å². The maximum Gasteiger partial charge on any atom is 0.267 e. The molecule has 3 aromatic rings. The van der Waals surface area contributed by atoms with Gasteiger partial charge < -0.3 is 24.7 Å². The number of carbonyl (C=O) groups is 3. The molecule has 33 heavy (non-hydrogen) atoms. The molecule has 0 spiro atoms. The lowest BCUT2D eigenvalue weighted by Crippen LogP contribution is -2.45. The van der Waals surface area contributed by atoms with Crippen LogP contribution in [0.3, 0.4) is 0 Å². The number of hydrogen-bond acceptors (Lipinski definition) is 5. The number of nitrogens with one attached hydrogen (secondary N) is 2. The van der Waals surface area contributed by atoms with Crippen molar-refractivity contribution in [1.82, 2.24) is 10.6 Å². The molecule has 0 fully saturated rings. The predicted octanol–water partition coefficient (Wildman–Crippen LogP) is 3.03. The van der Waals surface area contributed by atoms with Crippen LogP contribution >= 0.6 is 0 Å². The minimum Gasteiger partial charge on any atom is -0.479 e. The third-order valence-electron chi connectivity index (χ3n) is 5.32.